The zero-order chi connectivity index (χ0) is 18.7. The Morgan fingerprint density at radius 2 is 1.89 bits per heavy atom. The minimum atomic E-state index is -0.128. The summed E-state index contributed by atoms with van der Waals surface area (Å²) < 4.78 is 16.6. The second-order valence-corrected chi connectivity index (χ2v) is 8.69. The molecular formula is C22H28FN3O. The lowest BCUT2D eigenvalue weighted by Crippen LogP contribution is -2.44. The van der Waals surface area contributed by atoms with E-state index in [4.69, 9.17) is 0 Å². The average Bonchev–Trinajstić information content (AvgIpc) is 3.35. The molecule has 1 aromatic heterocycles. The molecular weight excluding hydrogens is 341 g/mol. The molecule has 1 aromatic carbocycles. The molecule has 144 valence electrons. The second-order valence-electron chi connectivity index (χ2n) is 8.69. The van der Waals surface area contributed by atoms with Gasteiger partial charge >= 0.3 is 0 Å². The first-order chi connectivity index (χ1) is 13.0. The van der Waals surface area contributed by atoms with Crippen LogP contribution in [0.25, 0.3) is 10.9 Å². The number of amides is 1. The molecule has 3 heterocycles. The topological polar surface area (TPSA) is 28.5 Å². The minimum Gasteiger partial charge on any atom is -0.344 e. The van der Waals surface area contributed by atoms with E-state index in [0.717, 1.165) is 42.3 Å². The molecule has 0 N–H and O–H groups in total. The SMILES string of the molecule is Cc1ccc(F)c2ccn([C@@H]3CCC[C@H](N4CC[C@H]5[C@@H]4CC(=O)N5C)C3)c12. The lowest BCUT2D eigenvalue weighted by atomic mass is 9.89. The van der Waals surface area contributed by atoms with Crippen molar-refractivity contribution in [1.29, 1.82) is 0 Å². The first kappa shape index (κ1) is 17.2. The first-order valence-corrected chi connectivity index (χ1v) is 10.3. The number of aryl methyl sites for hydroxylation is 1. The summed E-state index contributed by atoms with van der Waals surface area (Å²) in [5, 5.41) is 0.737. The number of likely N-dealkylation sites (tertiary alicyclic amines) is 2. The highest BCUT2D eigenvalue weighted by Crippen LogP contribution is 2.40. The van der Waals surface area contributed by atoms with Crippen molar-refractivity contribution < 1.29 is 9.18 Å². The lowest BCUT2D eigenvalue weighted by Gasteiger charge is -2.38. The summed E-state index contributed by atoms with van der Waals surface area (Å²) in [5.41, 5.74) is 2.19. The molecule has 0 radical (unpaired) electrons. The Morgan fingerprint density at radius 1 is 1.07 bits per heavy atom. The monoisotopic (exact) mass is 369 g/mol. The van der Waals surface area contributed by atoms with Gasteiger partial charge in [-0.3, -0.25) is 9.69 Å². The molecule has 1 amide bonds. The highest BCUT2D eigenvalue weighted by molar-refractivity contribution is 5.84. The maximum Gasteiger partial charge on any atom is 0.224 e. The number of halogens is 1. The van der Waals surface area contributed by atoms with Gasteiger partial charge in [-0.2, -0.15) is 0 Å². The molecule has 2 aliphatic heterocycles. The number of benzene rings is 1. The maximum atomic E-state index is 14.2. The van der Waals surface area contributed by atoms with Crippen LogP contribution in [0.15, 0.2) is 24.4 Å². The van der Waals surface area contributed by atoms with E-state index in [-0.39, 0.29) is 5.82 Å². The molecule has 2 aromatic rings. The van der Waals surface area contributed by atoms with Crippen molar-refractivity contribution in [2.75, 3.05) is 13.6 Å². The third kappa shape index (κ3) is 2.62. The summed E-state index contributed by atoms with van der Waals surface area (Å²) in [5.74, 6) is 0.168. The minimum absolute atomic E-state index is 0.128. The third-order valence-corrected chi connectivity index (χ3v) is 7.33. The van der Waals surface area contributed by atoms with Crippen LogP contribution < -0.4 is 0 Å². The van der Waals surface area contributed by atoms with Gasteiger partial charge in [0.25, 0.3) is 0 Å². The number of likely N-dealkylation sites (N-methyl/N-ethyl adjacent to an activating group) is 1. The summed E-state index contributed by atoms with van der Waals surface area (Å²) >= 11 is 0. The number of fused-ring (bicyclic) bond motifs is 2. The number of aromatic nitrogens is 1. The van der Waals surface area contributed by atoms with Crippen molar-refractivity contribution >= 4 is 16.8 Å². The van der Waals surface area contributed by atoms with Gasteiger partial charge in [-0.25, -0.2) is 4.39 Å². The molecule has 5 rings (SSSR count). The van der Waals surface area contributed by atoms with E-state index in [1.165, 1.54) is 12.8 Å². The second kappa shape index (κ2) is 6.33. The van der Waals surface area contributed by atoms with Crippen LogP contribution in [0.3, 0.4) is 0 Å². The lowest BCUT2D eigenvalue weighted by molar-refractivity contribution is -0.127. The Hall–Kier alpha value is -1.88. The summed E-state index contributed by atoms with van der Waals surface area (Å²) in [6, 6.07) is 7.13. The fourth-order valence-electron chi connectivity index (χ4n) is 5.95. The summed E-state index contributed by atoms with van der Waals surface area (Å²) in [6.07, 6.45) is 8.51. The molecule has 27 heavy (non-hydrogen) atoms. The van der Waals surface area contributed by atoms with Gasteiger partial charge < -0.3 is 9.47 Å². The van der Waals surface area contributed by atoms with Crippen LogP contribution >= 0.6 is 0 Å². The van der Waals surface area contributed by atoms with Gasteiger partial charge in [0.1, 0.15) is 5.82 Å². The van der Waals surface area contributed by atoms with Crippen LogP contribution in [-0.4, -0.2) is 52.0 Å². The Balaban J connectivity index is 1.41. The third-order valence-electron chi connectivity index (χ3n) is 7.33. The van der Waals surface area contributed by atoms with E-state index in [0.29, 0.717) is 36.5 Å². The Kier molecular flexibility index (Phi) is 4.04. The van der Waals surface area contributed by atoms with E-state index in [2.05, 4.69) is 22.6 Å². The highest BCUT2D eigenvalue weighted by atomic mass is 19.1. The number of carbonyl (C=O) groups is 1. The zero-order valence-electron chi connectivity index (χ0n) is 16.2. The molecule has 5 heteroatoms. The van der Waals surface area contributed by atoms with Crippen molar-refractivity contribution in [2.45, 2.75) is 69.6 Å². The maximum absolute atomic E-state index is 14.2. The van der Waals surface area contributed by atoms with Gasteiger partial charge in [0, 0.05) is 55.8 Å². The Morgan fingerprint density at radius 3 is 2.74 bits per heavy atom. The van der Waals surface area contributed by atoms with E-state index in [1.807, 2.05) is 24.1 Å². The molecule has 0 bridgehead atoms. The van der Waals surface area contributed by atoms with Crippen molar-refractivity contribution in [3.05, 3.63) is 35.8 Å². The smallest absolute Gasteiger partial charge is 0.224 e. The molecule has 4 atom stereocenters. The molecule has 0 spiro atoms. The highest BCUT2D eigenvalue weighted by Gasteiger charge is 2.47. The van der Waals surface area contributed by atoms with Gasteiger partial charge in [0.15, 0.2) is 0 Å². The number of hydrogen-bond acceptors (Lipinski definition) is 2. The summed E-state index contributed by atoms with van der Waals surface area (Å²) in [7, 11) is 1.96. The Labute approximate surface area is 159 Å². The Bertz CT molecular complexity index is 891. The number of nitrogens with zero attached hydrogens (tertiary/aromatic N) is 3. The van der Waals surface area contributed by atoms with Gasteiger partial charge in [-0.05, 0) is 56.7 Å². The predicted molar refractivity (Wildman–Crippen MR) is 104 cm³/mol. The fourth-order valence-corrected chi connectivity index (χ4v) is 5.95. The quantitative estimate of drug-likeness (QED) is 0.804. The van der Waals surface area contributed by atoms with Crippen LogP contribution in [0.2, 0.25) is 0 Å². The number of carbonyl (C=O) groups excluding carboxylic acids is 1. The zero-order valence-corrected chi connectivity index (χ0v) is 16.2. The standard InChI is InChI=1S/C22H28FN3O/c1-14-6-7-18(23)17-8-10-26(22(14)17)16-5-3-4-15(12-16)25-11-9-19-20(25)13-21(27)24(19)2/h6-8,10,15-16,19-20H,3-5,9,11-13H2,1-2H3/t15-,16+,19-,20-/m0/s1. The normalized spacial score (nSPS) is 31.8. The van der Waals surface area contributed by atoms with Crippen molar-refractivity contribution in [1.82, 2.24) is 14.4 Å². The number of hydrogen-bond donors (Lipinski definition) is 0. The fraction of sp³-hybridized carbons (Fsp3) is 0.591. The molecule has 1 aliphatic carbocycles. The van der Waals surface area contributed by atoms with E-state index < -0.39 is 0 Å². The van der Waals surface area contributed by atoms with E-state index >= 15 is 0 Å². The molecule has 2 saturated heterocycles. The summed E-state index contributed by atoms with van der Waals surface area (Å²) in [4.78, 5) is 16.7. The molecule has 0 unspecified atom stereocenters. The number of rotatable bonds is 2. The predicted octanol–water partition coefficient (Wildman–Crippen LogP) is 3.88. The largest absolute Gasteiger partial charge is 0.344 e. The van der Waals surface area contributed by atoms with Crippen LogP contribution in [-0.2, 0) is 4.79 Å². The molecule has 4 nitrogen and oxygen atoms in total. The van der Waals surface area contributed by atoms with E-state index in [1.54, 1.807) is 6.07 Å². The van der Waals surface area contributed by atoms with Crippen molar-refractivity contribution in [3.63, 3.8) is 0 Å². The molecule has 3 aliphatic rings. The van der Waals surface area contributed by atoms with Crippen molar-refractivity contribution in [2.24, 2.45) is 0 Å². The van der Waals surface area contributed by atoms with E-state index in [9.17, 15) is 9.18 Å². The van der Waals surface area contributed by atoms with Gasteiger partial charge in [-0.1, -0.05) is 6.07 Å². The van der Waals surface area contributed by atoms with Crippen LogP contribution in [0, 0.1) is 12.7 Å². The van der Waals surface area contributed by atoms with Crippen molar-refractivity contribution in [3.8, 4) is 0 Å². The van der Waals surface area contributed by atoms with Crippen LogP contribution in [0.4, 0.5) is 4.39 Å². The van der Waals surface area contributed by atoms with Crippen LogP contribution in [0.1, 0.15) is 50.1 Å². The van der Waals surface area contributed by atoms with Crippen LogP contribution in [0.5, 0.6) is 0 Å². The summed E-state index contributed by atoms with van der Waals surface area (Å²) in [6.45, 7) is 3.17. The first-order valence-electron chi connectivity index (χ1n) is 10.3. The molecule has 1 saturated carbocycles. The van der Waals surface area contributed by atoms with Gasteiger partial charge in [-0.15, -0.1) is 0 Å². The molecule has 3 fully saturated rings. The van der Waals surface area contributed by atoms with Gasteiger partial charge in [0.2, 0.25) is 5.91 Å². The average molecular weight is 369 g/mol. The van der Waals surface area contributed by atoms with Gasteiger partial charge in [0.05, 0.1) is 5.52 Å².